The van der Waals surface area contributed by atoms with E-state index in [-0.39, 0.29) is 16.4 Å². The van der Waals surface area contributed by atoms with E-state index in [0.29, 0.717) is 12.2 Å². The number of halogens is 3. The first-order chi connectivity index (χ1) is 9.34. The fourth-order valence-corrected chi connectivity index (χ4v) is 1.91. The Hall–Kier alpha value is -1.61. The molecule has 1 rings (SSSR count). The van der Waals surface area contributed by atoms with Crippen LogP contribution in [0.25, 0.3) is 0 Å². The van der Waals surface area contributed by atoms with Crippen LogP contribution < -0.4 is 4.74 Å². The number of ether oxygens (including phenoxy) is 1. The molecule has 2 nitrogen and oxygen atoms in total. The van der Waals surface area contributed by atoms with E-state index >= 15 is 0 Å². The van der Waals surface area contributed by atoms with Crippen molar-refractivity contribution in [1.29, 1.82) is 0 Å². The molecule has 108 valence electrons. The van der Waals surface area contributed by atoms with Gasteiger partial charge in [0.05, 0.1) is 12.7 Å². The van der Waals surface area contributed by atoms with E-state index < -0.39 is 11.7 Å². The van der Waals surface area contributed by atoms with Crippen LogP contribution in [0, 0.1) is 11.8 Å². The van der Waals surface area contributed by atoms with Gasteiger partial charge in [0.15, 0.2) is 5.12 Å². The lowest BCUT2D eigenvalue weighted by molar-refractivity contribution is -0.138. The van der Waals surface area contributed by atoms with E-state index in [0.717, 1.165) is 17.8 Å². The topological polar surface area (TPSA) is 26.3 Å². The van der Waals surface area contributed by atoms with Crippen molar-refractivity contribution in [3.8, 4) is 17.6 Å². The molecular weight excluding hydrogens is 289 g/mol. The molecule has 0 amide bonds. The highest BCUT2D eigenvalue weighted by Gasteiger charge is 2.34. The molecule has 1 aromatic carbocycles. The van der Waals surface area contributed by atoms with Crippen molar-refractivity contribution in [2.45, 2.75) is 19.5 Å². The van der Waals surface area contributed by atoms with E-state index in [2.05, 4.69) is 16.6 Å². The van der Waals surface area contributed by atoms with Gasteiger partial charge in [0, 0.05) is 24.7 Å². The Labute approximate surface area is 119 Å². The van der Waals surface area contributed by atoms with Crippen LogP contribution in [0.3, 0.4) is 0 Å². The van der Waals surface area contributed by atoms with Crippen molar-refractivity contribution >= 4 is 16.9 Å². The lowest BCUT2D eigenvalue weighted by Gasteiger charge is -2.11. The van der Waals surface area contributed by atoms with Crippen LogP contribution in [0.1, 0.15) is 24.5 Å². The number of hydrogen-bond donors (Lipinski definition) is 0. The molecular formula is C14H13F3O2S. The molecule has 1 aromatic rings. The van der Waals surface area contributed by atoms with Gasteiger partial charge in [-0.25, -0.2) is 0 Å². The average molecular weight is 302 g/mol. The summed E-state index contributed by atoms with van der Waals surface area (Å²) in [5.74, 6) is 5.70. The van der Waals surface area contributed by atoms with Crippen LogP contribution in [0.4, 0.5) is 13.2 Å². The standard InChI is InChI=1S/C14H13F3O2S/c1-10(18)20-8-4-3-5-11-6-7-13(19-2)12(9-11)14(15,16)17/h6-7,9H,4,8H2,1-2H3. The summed E-state index contributed by atoms with van der Waals surface area (Å²) in [6.07, 6.45) is -4.04. The third kappa shape index (κ3) is 5.17. The highest BCUT2D eigenvalue weighted by molar-refractivity contribution is 8.13. The minimum Gasteiger partial charge on any atom is -0.496 e. The molecule has 0 atom stereocenters. The number of rotatable bonds is 3. The van der Waals surface area contributed by atoms with E-state index in [1.165, 1.54) is 26.2 Å². The molecule has 6 heteroatoms. The number of thioether (sulfide) groups is 1. The van der Waals surface area contributed by atoms with Crippen molar-refractivity contribution in [2.75, 3.05) is 12.9 Å². The number of hydrogen-bond acceptors (Lipinski definition) is 3. The van der Waals surface area contributed by atoms with Gasteiger partial charge in [-0.15, -0.1) is 0 Å². The van der Waals surface area contributed by atoms with Crippen LogP contribution in [0.15, 0.2) is 18.2 Å². The highest BCUT2D eigenvalue weighted by atomic mass is 32.2. The molecule has 0 radical (unpaired) electrons. The minimum atomic E-state index is -4.48. The first kappa shape index (κ1) is 16.4. The van der Waals surface area contributed by atoms with E-state index in [4.69, 9.17) is 0 Å². The summed E-state index contributed by atoms with van der Waals surface area (Å²) in [5.41, 5.74) is -0.573. The Bertz CT molecular complexity index is 542. The predicted octanol–water partition coefficient (Wildman–Crippen LogP) is 3.74. The molecule has 20 heavy (non-hydrogen) atoms. The second-order valence-electron chi connectivity index (χ2n) is 3.80. The van der Waals surface area contributed by atoms with Crippen LogP contribution >= 0.6 is 11.8 Å². The summed E-state index contributed by atoms with van der Waals surface area (Å²) in [7, 11) is 1.19. The van der Waals surface area contributed by atoms with Gasteiger partial charge < -0.3 is 4.74 Å². The first-order valence-electron chi connectivity index (χ1n) is 5.72. The Morgan fingerprint density at radius 3 is 2.65 bits per heavy atom. The van der Waals surface area contributed by atoms with Crippen molar-refractivity contribution in [1.82, 2.24) is 0 Å². The Morgan fingerprint density at radius 1 is 1.40 bits per heavy atom. The summed E-state index contributed by atoms with van der Waals surface area (Å²) in [6, 6.07) is 3.68. The van der Waals surface area contributed by atoms with Gasteiger partial charge in [-0.2, -0.15) is 13.2 Å². The third-order valence-electron chi connectivity index (χ3n) is 2.27. The van der Waals surface area contributed by atoms with Gasteiger partial charge >= 0.3 is 6.18 Å². The fraction of sp³-hybridized carbons (Fsp3) is 0.357. The molecule has 0 saturated heterocycles. The number of methoxy groups -OCH3 is 1. The Balaban J connectivity index is 2.83. The molecule has 0 aliphatic carbocycles. The number of carbonyl (C=O) groups excluding carboxylic acids is 1. The summed E-state index contributed by atoms with van der Waals surface area (Å²) < 4.78 is 43.0. The second-order valence-corrected chi connectivity index (χ2v) is 5.08. The average Bonchev–Trinajstić information content (AvgIpc) is 2.36. The summed E-state index contributed by atoms with van der Waals surface area (Å²) in [6.45, 7) is 1.46. The third-order valence-corrected chi connectivity index (χ3v) is 3.08. The number of carbonyl (C=O) groups is 1. The first-order valence-corrected chi connectivity index (χ1v) is 6.70. The largest absolute Gasteiger partial charge is 0.496 e. The molecule has 0 heterocycles. The maximum atomic E-state index is 12.8. The van der Waals surface area contributed by atoms with Crippen molar-refractivity contribution in [3.63, 3.8) is 0 Å². The van der Waals surface area contributed by atoms with E-state index in [9.17, 15) is 18.0 Å². The van der Waals surface area contributed by atoms with Gasteiger partial charge in [-0.1, -0.05) is 23.6 Å². The molecule has 0 saturated carbocycles. The zero-order valence-corrected chi connectivity index (χ0v) is 11.8. The molecule has 0 aromatic heterocycles. The lowest BCUT2D eigenvalue weighted by atomic mass is 10.1. The van der Waals surface area contributed by atoms with Gasteiger partial charge in [0.1, 0.15) is 5.75 Å². The fourth-order valence-electron chi connectivity index (χ4n) is 1.42. The molecule has 0 aliphatic heterocycles. The van der Waals surface area contributed by atoms with Gasteiger partial charge in [-0.05, 0) is 18.2 Å². The minimum absolute atomic E-state index is 0.00407. The molecule has 0 spiro atoms. The SMILES string of the molecule is COc1ccc(C#CCCSC(C)=O)cc1C(F)(F)F. The zero-order chi connectivity index (χ0) is 15.2. The molecule has 0 N–H and O–H groups in total. The lowest BCUT2D eigenvalue weighted by Crippen LogP contribution is -2.07. The van der Waals surface area contributed by atoms with Crippen molar-refractivity contribution in [3.05, 3.63) is 29.3 Å². The van der Waals surface area contributed by atoms with Gasteiger partial charge in [-0.3, -0.25) is 4.79 Å². The Morgan fingerprint density at radius 2 is 2.10 bits per heavy atom. The van der Waals surface area contributed by atoms with Gasteiger partial charge in [0.25, 0.3) is 0 Å². The quantitative estimate of drug-likeness (QED) is 0.628. The molecule has 0 bridgehead atoms. The van der Waals surface area contributed by atoms with E-state index in [1.54, 1.807) is 0 Å². The summed E-state index contributed by atoms with van der Waals surface area (Å²) in [5, 5.41) is -0.00407. The maximum Gasteiger partial charge on any atom is 0.420 e. The second kappa shape index (κ2) is 7.25. The summed E-state index contributed by atoms with van der Waals surface area (Å²) in [4.78, 5) is 10.7. The van der Waals surface area contributed by atoms with Crippen molar-refractivity contribution < 1.29 is 22.7 Å². The maximum absolute atomic E-state index is 12.8. The van der Waals surface area contributed by atoms with E-state index in [1.807, 2.05) is 0 Å². The zero-order valence-electron chi connectivity index (χ0n) is 11.0. The smallest absolute Gasteiger partial charge is 0.420 e. The Kier molecular flexibility index (Phi) is 5.96. The normalized spacial score (nSPS) is 10.7. The molecule has 0 fully saturated rings. The highest BCUT2D eigenvalue weighted by Crippen LogP contribution is 2.36. The summed E-state index contributed by atoms with van der Waals surface area (Å²) >= 11 is 1.14. The molecule has 0 unspecified atom stereocenters. The number of benzene rings is 1. The van der Waals surface area contributed by atoms with Crippen LogP contribution in [0.5, 0.6) is 5.75 Å². The van der Waals surface area contributed by atoms with Crippen molar-refractivity contribution in [2.24, 2.45) is 0 Å². The number of alkyl halides is 3. The van der Waals surface area contributed by atoms with Crippen LogP contribution in [0.2, 0.25) is 0 Å². The molecule has 0 aliphatic rings. The van der Waals surface area contributed by atoms with Crippen LogP contribution in [-0.4, -0.2) is 18.0 Å². The van der Waals surface area contributed by atoms with Crippen LogP contribution in [-0.2, 0) is 11.0 Å². The monoisotopic (exact) mass is 302 g/mol. The predicted molar refractivity (Wildman–Crippen MR) is 72.6 cm³/mol. The van der Waals surface area contributed by atoms with Gasteiger partial charge in [0.2, 0.25) is 0 Å².